The molecule has 1 aliphatic rings. The fraction of sp³-hybridized carbons (Fsp3) is 0.467. The van der Waals surface area contributed by atoms with Crippen LogP contribution in [0.5, 0.6) is 0 Å². The molecular formula is C15H20N2O3. The Balaban J connectivity index is 1.96. The highest BCUT2D eigenvalue weighted by Crippen LogP contribution is 2.19. The fourth-order valence-corrected chi connectivity index (χ4v) is 2.42. The average molecular weight is 276 g/mol. The van der Waals surface area contributed by atoms with E-state index in [9.17, 15) is 9.59 Å². The molecule has 1 saturated heterocycles. The van der Waals surface area contributed by atoms with E-state index < -0.39 is 6.04 Å². The minimum absolute atomic E-state index is 0.00894. The molecule has 1 atom stereocenters. The number of nitrogens with one attached hydrogen (secondary N) is 1. The van der Waals surface area contributed by atoms with Crippen LogP contribution in [-0.4, -0.2) is 35.9 Å². The maximum Gasteiger partial charge on any atom is 0.266 e. The SMILES string of the molecule is CCONC(=O)C1CCCN1C(=O)Cc1ccccc1. The van der Waals surface area contributed by atoms with Crippen molar-refractivity contribution in [3.8, 4) is 0 Å². The van der Waals surface area contributed by atoms with Gasteiger partial charge in [0.15, 0.2) is 0 Å². The molecular weight excluding hydrogens is 256 g/mol. The van der Waals surface area contributed by atoms with Gasteiger partial charge in [-0.15, -0.1) is 0 Å². The van der Waals surface area contributed by atoms with E-state index in [0.717, 1.165) is 12.0 Å². The summed E-state index contributed by atoms with van der Waals surface area (Å²) >= 11 is 0. The summed E-state index contributed by atoms with van der Waals surface area (Å²) in [6.45, 7) is 2.85. The Morgan fingerprint density at radius 3 is 2.80 bits per heavy atom. The number of likely N-dealkylation sites (tertiary alicyclic amines) is 1. The van der Waals surface area contributed by atoms with Gasteiger partial charge in [0.1, 0.15) is 6.04 Å². The molecule has 2 amide bonds. The van der Waals surface area contributed by atoms with E-state index in [1.807, 2.05) is 30.3 Å². The van der Waals surface area contributed by atoms with Gasteiger partial charge in [-0.25, -0.2) is 5.48 Å². The zero-order valence-corrected chi connectivity index (χ0v) is 11.7. The van der Waals surface area contributed by atoms with Crippen molar-refractivity contribution in [1.82, 2.24) is 10.4 Å². The summed E-state index contributed by atoms with van der Waals surface area (Å²) in [6, 6.07) is 9.17. The summed E-state index contributed by atoms with van der Waals surface area (Å²) in [4.78, 5) is 30.8. The third-order valence-corrected chi connectivity index (χ3v) is 3.39. The van der Waals surface area contributed by atoms with Crippen LogP contribution in [0.1, 0.15) is 25.3 Å². The van der Waals surface area contributed by atoms with Gasteiger partial charge in [-0.3, -0.25) is 14.4 Å². The first kappa shape index (κ1) is 14.5. The van der Waals surface area contributed by atoms with Crippen molar-refractivity contribution in [2.24, 2.45) is 0 Å². The summed E-state index contributed by atoms with van der Waals surface area (Å²) in [5.74, 6) is -0.240. The zero-order valence-electron chi connectivity index (χ0n) is 11.7. The third-order valence-electron chi connectivity index (χ3n) is 3.39. The van der Waals surface area contributed by atoms with E-state index in [-0.39, 0.29) is 11.8 Å². The second-order valence-electron chi connectivity index (χ2n) is 4.81. The van der Waals surface area contributed by atoms with Crippen molar-refractivity contribution >= 4 is 11.8 Å². The lowest BCUT2D eigenvalue weighted by Gasteiger charge is -2.23. The van der Waals surface area contributed by atoms with Crippen LogP contribution < -0.4 is 5.48 Å². The molecule has 1 aromatic rings. The van der Waals surface area contributed by atoms with Crippen LogP contribution in [0.3, 0.4) is 0 Å². The lowest BCUT2D eigenvalue weighted by Crippen LogP contribution is -2.46. The van der Waals surface area contributed by atoms with Crippen LogP contribution >= 0.6 is 0 Å². The number of hydrogen-bond acceptors (Lipinski definition) is 3. The predicted molar refractivity (Wildman–Crippen MR) is 74.6 cm³/mol. The average Bonchev–Trinajstić information content (AvgIpc) is 2.95. The molecule has 1 fully saturated rings. The first-order chi connectivity index (χ1) is 9.72. The number of amides is 2. The first-order valence-corrected chi connectivity index (χ1v) is 6.97. The summed E-state index contributed by atoms with van der Waals surface area (Å²) in [5.41, 5.74) is 3.36. The van der Waals surface area contributed by atoms with Crippen molar-refractivity contribution in [1.29, 1.82) is 0 Å². The van der Waals surface area contributed by atoms with Gasteiger partial charge >= 0.3 is 0 Å². The number of carbonyl (C=O) groups excluding carboxylic acids is 2. The van der Waals surface area contributed by atoms with Crippen molar-refractivity contribution in [3.63, 3.8) is 0 Å². The number of nitrogens with zero attached hydrogens (tertiary/aromatic N) is 1. The Kier molecular flexibility index (Phi) is 5.12. The van der Waals surface area contributed by atoms with Crippen molar-refractivity contribution in [2.45, 2.75) is 32.2 Å². The molecule has 0 radical (unpaired) electrons. The van der Waals surface area contributed by atoms with E-state index >= 15 is 0 Å². The number of rotatable bonds is 5. The Morgan fingerprint density at radius 2 is 2.10 bits per heavy atom. The summed E-state index contributed by atoms with van der Waals surface area (Å²) in [5, 5.41) is 0. The molecule has 1 aromatic carbocycles. The highest BCUT2D eigenvalue weighted by molar-refractivity contribution is 5.88. The van der Waals surface area contributed by atoms with E-state index in [2.05, 4.69) is 5.48 Å². The van der Waals surface area contributed by atoms with Gasteiger partial charge in [0, 0.05) is 6.54 Å². The van der Waals surface area contributed by atoms with Crippen LogP contribution in [0.2, 0.25) is 0 Å². The molecule has 20 heavy (non-hydrogen) atoms. The minimum Gasteiger partial charge on any atom is -0.330 e. The molecule has 1 unspecified atom stereocenters. The van der Waals surface area contributed by atoms with Crippen LogP contribution in [0.4, 0.5) is 0 Å². The molecule has 0 saturated carbocycles. The second-order valence-corrected chi connectivity index (χ2v) is 4.81. The molecule has 5 nitrogen and oxygen atoms in total. The normalized spacial score (nSPS) is 18.1. The van der Waals surface area contributed by atoms with Gasteiger partial charge in [0.05, 0.1) is 13.0 Å². The molecule has 0 aromatic heterocycles. The number of hydrogen-bond donors (Lipinski definition) is 1. The molecule has 2 rings (SSSR count). The highest BCUT2D eigenvalue weighted by Gasteiger charge is 2.33. The van der Waals surface area contributed by atoms with Gasteiger partial charge in [0.25, 0.3) is 5.91 Å². The van der Waals surface area contributed by atoms with Crippen LogP contribution in [0, 0.1) is 0 Å². The Hall–Kier alpha value is -1.88. The Morgan fingerprint density at radius 1 is 1.35 bits per heavy atom. The molecule has 1 N–H and O–H groups in total. The van der Waals surface area contributed by atoms with E-state index in [1.54, 1.807) is 11.8 Å². The van der Waals surface area contributed by atoms with E-state index in [4.69, 9.17) is 4.84 Å². The topological polar surface area (TPSA) is 58.6 Å². The fourth-order valence-electron chi connectivity index (χ4n) is 2.42. The highest BCUT2D eigenvalue weighted by atomic mass is 16.6. The second kappa shape index (κ2) is 7.05. The maximum absolute atomic E-state index is 12.3. The minimum atomic E-state index is -0.405. The van der Waals surface area contributed by atoms with Gasteiger partial charge in [0.2, 0.25) is 5.91 Å². The zero-order chi connectivity index (χ0) is 14.4. The van der Waals surface area contributed by atoms with Crippen molar-refractivity contribution < 1.29 is 14.4 Å². The summed E-state index contributed by atoms with van der Waals surface area (Å²) in [6.07, 6.45) is 1.88. The standard InChI is InChI=1S/C15H20N2O3/c1-2-20-16-15(19)13-9-6-10-17(13)14(18)11-12-7-4-3-5-8-12/h3-5,7-8,13H,2,6,9-11H2,1H3,(H,16,19). The molecule has 0 aliphatic carbocycles. The van der Waals surface area contributed by atoms with Crippen LogP contribution in [-0.2, 0) is 20.8 Å². The molecule has 0 bridgehead atoms. The third kappa shape index (κ3) is 3.57. The van der Waals surface area contributed by atoms with Gasteiger partial charge in [-0.1, -0.05) is 30.3 Å². The quantitative estimate of drug-likeness (QED) is 0.824. The number of carbonyl (C=O) groups is 2. The maximum atomic E-state index is 12.3. The lowest BCUT2D eigenvalue weighted by molar-refractivity contribution is -0.144. The molecule has 0 spiro atoms. The van der Waals surface area contributed by atoms with Crippen LogP contribution in [0.25, 0.3) is 0 Å². The monoisotopic (exact) mass is 276 g/mol. The summed E-state index contributed by atoms with van der Waals surface area (Å²) < 4.78 is 0. The molecule has 5 heteroatoms. The molecule has 1 heterocycles. The lowest BCUT2D eigenvalue weighted by atomic mass is 10.1. The van der Waals surface area contributed by atoms with E-state index in [0.29, 0.717) is 26.0 Å². The molecule has 108 valence electrons. The van der Waals surface area contributed by atoms with E-state index in [1.165, 1.54) is 0 Å². The van der Waals surface area contributed by atoms with Gasteiger partial charge in [-0.2, -0.15) is 0 Å². The van der Waals surface area contributed by atoms with Crippen molar-refractivity contribution in [2.75, 3.05) is 13.2 Å². The van der Waals surface area contributed by atoms with Gasteiger partial charge in [-0.05, 0) is 25.3 Å². The first-order valence-electron chi connectivity index (χ1n) is 6.97. The van der Waals surface area contributed by atoms with Crippen LogP contribution in [0.15, 0.2) is 30.3 Å². The smallest absolute Gasteiger partial charge is 0.266 e. The Labute approximate surface area is 118 Å². The van der Waals surface area contributed by atoms with Crippen molar-refractivity contribution in [3.05, 3.63) is 35.9 Å². The summed E-state index contributed by atoms with van der Waals surface area (Å²) in [7, 11) is 0. The number of benzene rings is 1. The number of hydroxylamine groups is 1. The van der Waals surface area contributed by atoms with Gasteiger partial charge < -0.3 is 4.90 Å². The Bertz CT molecular complexity index is 461. The molecule has 1 aliphatic heterocycles. The predicted octanol–water partition coefficient (Wildman–Crippen LogP) is 1.29. The largest absolute Gasteiger partial charge is 0.330 e.